The van der Waals surface area contributed by atoms with Crippen LogP contribution in [0.25, 0.3) is 0 Å². The lowest BCUT2D eigenvalue weighted by molar-refractivity contribution is 0.368. The van der Waals surface area contributed by atoms with E-state index in [0.717, 1.165) is 11.0 Å². The van der Waals surface area contributed by atoms with Gasteiger partial charge in [0.05, 0.1) is 12.3 Å². The lowest BCUT2D eigenvalue weighted by Gasteiger charge is -2.31. The van der Waals surface area contributed by atoms with E-state index in [-0.39, 0.29) is 0 Å². The van der Waals surface area contributed by atoms with Crippen molar-refractivity contribution >= 4 is 11.8 Å². The minimum atomic E-state index is 0.325. The van der Waals surface area contributed by atoms with Crippen LogP contribution in [0, 0.1) is 0 Å². The predicted molar refractivity (Wildman–Crippen MR) is 65.2 cm³/mol. The molecule has 1 saturated heterocycles. The Kier molecular flexibility index (Phi) is 3.76. The van der Waals surface area contributed by atoms with Gasteiger partial charge in [-0.15, -0.1) is 0 Å². The molecule has 1 aliphatic heterocycles. The quantitative estimate of drug-likeness (QED) is 0.855. The van der Waals surface area contributed by atoms with Gasteiger partial charge in [0.2, 0.25) is 0 Å². The monoisotopic (exact) mass is 225 g/mol. The zero-order valence-electron chi connectivity index (χ0n) is 9.40. The van der Waals surface area contributed by atoms with Crippen LogP contribution in [0.4, 0.5) is 0 Å². The summed E-state index contributed by atoms with van der Waals surface area (Å²) in [5, 5.41) is 4.38. The Bertz CT molecular complexity index is 286. The average molecular weight is 225 g/mol. The first-order chi connectivity index (χ1) is 7.27. The molecule has 1 N–H and O–H groups in total. The van der Waals surface area contributed by atoms with Crippen LogP contribution in [0.5, 0.6) is 0 Å². The number of furan rings is 1. The molecule has 0 radical (unpaired) electrons. The van der Waals surface area contributed by atoms with Crippen LogP contribution in [0.3, 0.4) is 0 Å². The fraction of sp³-hybridized carbons (Fsp3) is 0.667. The van der Waals surface area contributed by atoms with Gasteiger partial charge in [0.25, 0.3) is 0 Å². The maximum Gasteiger partial charge on any atom is 0.120 e. The van der Waals surface area contributed by atoms with Crippen molar-refractivity contribution in [3.63, 3.8) is 0 Å². The second kappa shape index (κ2) is 5.08. The van der Waals surface area contributed by atoms with Crippen LogP contribution in [0.2, 0.25) is 0 Å². The number of nitrogens with one attached hydrogen (secondary N) is 1. The smallest absolute Gasteiger partial charge is 0.120 e. The SMILES string of the molecule is CC(NC1CCCSC1C)c1ccco1. The van der Waals surface area contributed by atoms with E-state index in [9.17, 15) is 0 Å². The Hall–Kier alpha value is -0.410. The van der Waals surface area contributed by atoms with Gasteiger partial charge in [-0.2, -0.15) is 11.8 Å². The highest BCUT2D eigenvalue weighted by Crippen LogP contribution is 2.27. The zero-order chi connectivity index (χ0) is 10.7. The van der Waals surface area contributed by atoms with Crippen LogP contribution < -0.4 is 5.32 Å². The van der Waals surface area contributed by atoms with E-state index in [0.29, 0.717) is 12.1 Å². The molecule has 1 aromatic heterocycles. The lowest BCUT2D eigenvalue weighted by Crippen LogP contribution is -2.40. The summed E-state index contributed by atoms with van der Waals surface area (Å²) in [5.41, 5.74) is 0. The third-order valence-corrected chi connectivity index (χ3v) is 4.42. The van der Waals surface area contributed by atoms with Gasteiger partial charge < -0.3 is 9.73 Å². The second-order valence-electron chi connectivity index (χ2n) is 4.23. The number of rotatable bonds is 3. The summed E-state index contributed by atoms with van der Waals surface area (Å²) < 4.78 is 5.40. The minimum absolute atomic E-state index is 0.325. The molecule has 1 aliphatic rings. The normalized spacial score (nSPS) is 28.9. The number of hydrogen-bond donors (Lipinski definition) is 1. The Morgan fingerprint density at radius 1 is 1.60 bits per heavy atom. The molecule has 0 amide bonds. The molecule has 2 nitrogen and oxygen atoms in total. The molecule has 84 valence electrons. The fourth-order valence-electron chi connectivity index (χ4n) is 2.08. The molecule has 1 fully saturated rings. The van der Waals surface area contributed by atoms with Gasteiger partial charge in [0.15, 0.2) is 0 Å². The summed E-state index contributed by atoms with van der Waals surface area (Å²) in [6.07, 6.45) is 4.36. The summed E-state index contributed by atoms with van der Waals surface area (Å²) >= 11 is 2.07. The maximum atomic E-state index is 5.40. The molecular formula is C12H19NOS. The third kappa shape index (κ3) is 2.79. The summed E-state index contributed by atoms with van der Waals surface area (Å²) in [5.74, 6) is 2.35. The maximum absolute atomic E-state index is 5.40. The van der Waals surface area contributed by atoms with Crippen molar-refractivity contribution in [1.29, 1.82) is 0 Å². The van der Waals surface area contributed by atoms with Crippen molar-refractivity contribution in [1.82, 2.24) is 5.32 Å². The first-order valence-corrected chi connectivity index (χ1v) is 6.73. The fourth-order valence-corrected chi connectivity index (χ4v) is 3.24. The van der Waals surface area contributed by atoms with Gasteiger partial charge in [-0.1, -0.05) is 6.92 Å². The average Bonchev–Trinajstić information content (AvgIpc) is 2.74. The number of hydrogen-bond acceptors (Lipinski definition) is 3. The van der Waals surface area contributed by atoms with E-state index in [1.54, 1.807) is 6.26 Å². The van der Waals surface area contributed by atoms with E-state index in [4.69, 9.17) is 4.42 Å². The molecule has 3 atom stereocenters. The molecule has 3 heteroatoms. The summed E-state index contributed by atoms with van der Waals surface area (Å²) in [6.45, 7) is 4.49. The molecule has 15 heavy (non-hydrogen) atoms. The first-order valence-electron chi connectivity index (χ1n) is 5.68. The highest BCUT2D eigenvalue weighted by atomic mass is 32.2. The standard InChI is InChI=1S/C12H19NOS/c1-9(12-6-3-7-14-12)13-11-5-4-8-15-10(11)2/h3,6-7,9-11,13H,4-5,8H2,1-2H3. The van der Waals surface area contributed by atoms with Crippen LogP contribution in [0.1, 0.15) is 38.5 Å². The van der Waals surface area contributed by atoms with Crippen molar-refractivity contribution in [3.8, 4) is 0 Å². The first kappa shape index (κ1) is 11.1. The van der Waals surface area contributed by atoms with Crippen molar-refractivity contribution in [3.05, 3.63) is 24.2 Å². The van der Waals surface area contributed by atoms with Crippen molar-refractivity contribution in [2.24, 2.45) is 0 Å². The van der Waals surface area contributed by atoms with Crippen LogP contribution >= 0.6 is 11.8 Å². The van der Waals surface area contributed by atoms with Crippen molar-refractivity contribution in [2.45, 2.75) is 44.0 Å². The Morgan fingerprint density at radius 2 is 2.47 bits per heavy atom. The van der Waals surface area contributed by atoms with Gasteiger partial charge >= 0.3 is 0 Å². The molecular weight excluding hydrogens is 206 g/mol. The van der Waals surface area contributed by atoms with E-state index in [1.165, 1.54) is 18.6 Å². The van der Waals surface area contributed by atoms with Gasteiger partial charge in [-0.25, -0.2) is 0 Å². The van der Waals surface area contributed by atoms with Gasteiger partial charge in [-0.3, -0.25) is 0 Å². The molecule has 1 aromatic rings. The highest BCUT2D eigenvalue weighted by molar-refractivity contribution is 7.99. The largest absolute Gasteiger partial charge is 0.468 e. The van der Waals surface area contributed by atoms with E-state index >= 15 is 0 Å². The molecule has 0 aliphatic carbocycles. The van der Waals surface area contributed by atoms with Crippen molar-refractivity contribution < 1.29 is 4.42 Å². The van der Waals surface area contributed by atoms with Crippen LogP contribution in [-0.4, -0.2) is 17.0 Å². The lowest BCUT2D eigenvalue weighted by atomic mass is 10.1. The predicted octanol–water partition coefficient (Wildman–Crippen LogP) is 3.21. The third-order valence-electron chi connectivity index (χ3n) is 3.04. The zero-order valence-corrected chi connectivity index (χ0v) is 10.2. The van der Waals surface area contributed by atoms with Gasteiger partial charge in [-0.05, 0) is 37.7 Å². The Labute approximate surface area is 95.8 Å². The van der Waals surface area contributed by atoms with Crippen LogP contribution in [0.15, 0.2) is 22.8 Å². The molecule has 2 heterocycles. The van der Waals surface area contributed by atoms with Gasteiger partial charge in [0, 0.05) is 11.3 Å². The molecule has 0 saturated carbocycles. The highest BCUT2D eigenvalue weighted by Gasteiger charge is 2.23. The van der Waals surface area contributed by atoms with E-state index < -0.39 is 0 Å². The number of thioether (sulfide) groups is 1. The molecule has 2 rings (SSSR count). The molecule has 0 bridgehead atoms. The topological polar surface area (TPSA) is 25.2 Å². The summed E-state index contributed by atoms with van der Waals surface area (Å²) in [4.78, 5) is 0. The summed E-state index contributed by atoms with van der Waals surface area (Å²) in [6, 6.07) is 4.94. The van der Waals surface area contributed by atoms with Gasteiger partial charge in [0.1, 0.15) is 5.76 Å². The van der Waals surface area contributed by atoms with E-state index in [2.05, 4.69) is 30.9 Å². The minimum Gasteiger partial charge on any atom is -0.468 e. The molecule has 0 aromatic carbocycles. The van der Waals surface area contributed by atoms with Crippen LogP contribution in [-0.2, 0) is 0 Å². The second-order valence-corrected chi connectivity index (χ2v) is 5.71. The summed E-state index contributed by atoms with van der Waals surface area (Å²) in [7, 11) is 0. The Balaban J connectivity index is 1.90. The molecule has 0 spiro atoms. The van der Waals surface area contributed by atoms with Crippen molar-refractivity contribution in [2.75, 3.05) is 5.75 Å². The van der Waals surface area contributed by atoms with E-state index in [1.807, 2.05) is 12.1 Å². The Morgan fingerprint density at radius 3 is 3.13 bits per heavy atom. The molecule has 3 unspecified atom stereocenters.